The molecule has 67 nitrogen and oxygen atoms in total. The average Bonchev–Trinajstić information content (AvgIpc) is 0.757. The van der Waals surface area contributed by atoms with E-state index in [9.17, 15) is 197 Å². The van der Waals surface area contributed by atoms with Crippen LogP contribution in [-0.4, -0.2) is 645 Å². The number of aliphatic hydroxyl groups excluding tert-OH is 32. The minimum absolute atomic E-state index is 0.809. The lowest BCUT2D eigenvalue weighted by Gasteiger charge is -2.52. The Morgan fingerprint density at radius 1 is 0.195 bits per heavy atom. The number of carboxylic acids is 1. The molecule has 12 fully saturated rings. The molecule has 12 aliphatic rings. The second kappa shape index (κ2) is 53.3. The molecule has 0 bridgehead atoms. The number of carbonyl (C=O) groups excluding carboxylic acids is 5. The number of carboxylic acid groups (broad SMARTS) is 1. The first-order valence-electron chi connectivity index (χ1n) is 47.2. The number of nitrogens with one attached hydrogen (secondary N) is 5. The fraction of sp³-hybridized carbons (Fsp3) is 0.927. The molecule has 149 heavy (non-hydrogen) atoms. The third kappa shape index (κ3) is 26.9. The van der Waals surface area contributed by atoms with Gasteiger partial charge in [0.15, 0.2) is 81.6 Å². The molecule has 12 aliphatic heterocycles. The van der Waals surface area contributed by atoms with Gasteiger partial charge < -0.3 is 304 Å². The van der Waals surface area contributed by atoms with Crippen LogP contribution in [0.4, 0.5) is 0 Å². The van der Waals surface area contributed by atoms with Crippen molar-refractivity contribution in [3.05, 3.63) is 0 Å². The number of aliphatic carboxylic acids is 1. The van der Waals surface area contributed by atoms with Gasteiger partial charge in [-0.25, -0.2) is 4.79 Å². The summed E-state index contributed by atoms with van der Waals surface area (Å²) in [7, 11) is 0. The van der Waals surface area contributed by atoms with Crippen molar-refractivity contribution in [3.63, 3.8) is 0 Å². The van der Waals surface area contributed by atoms with E-state index in [-0.39, 0.29) is 0 Å². The molecule has 5 amide bonds. The van der Waals surface area contributed by atoms with Crippen molar-refractivity contribution >= 4 is 35.5 Å². The third-order valence-corrected chi connectivity index (χ3v) is 27.1. The van der Waals surface area contributed by atoms with Gasteiger partial charge in [-0.2, -0.15) is 0 Å². The van der Waals surface area contributed by atoms with E-state index in [1.54, 1.807) is 0 Å². The van der Waals surface area contributed by atoms with Crippen LogP contribution in [0.3, 0.4) is 0 Å². The second-order valence-electron chi connectivity index (χ2n) is 37.4. The van der Waals surface area contributed by atoms with Gasteiger partial charge in [-0.1, -0.05) is 0 Å². The molecule has 0 unspecified atom stereocenters. The van der Waals surface area contributed by atoms with Crippen LogP contribution in [-0.2, 0) is 138 Å². The summed E-state index contributed by atoms with van der Waals surface area (Å²) in [6.07, 6.45) is -124. The molecule has 0 spiro atoms. The number of hydrogen-bond donors (Lipinski definition) is 38. The molecular formula is C82H135N5O62. The highest BCUT2D eigenvalue weighted by molar-refractivity contribution is 5.75. The molecule has 12 rings (SSSR count). The first kappa shape index (κ1) is 122. The van der Waals surface area contributed by atoms with Crippen LogP contribution in [0.5, 0.6) is 0 Å². The fourth-order valence-corrected chi connectivity index (χ4v) is 19.3. The molecule has 60 atom stereocenters. The summed E-state index contributed by atoms with van der Waals surface area (Å²) in [6, 6.07) is -10.2. The highest BCUT2D eigenvalue weighted by Gasteiger charge is 2.65. The maximum atomic E-state index is 13.7. The summed E-state index contributed by atoms with van der Waals surface area (Å²) in [5.41, 5.74) is 0. The van der Waals surface area contributed by atoms with E-state index in [2.05, 4.69) is 26.6 Å². The maximum Gasteiger partial charge on any atom is 0.335 e. The van der Waals surface area contributed by atoms with Gasteiger partial charge in [0.1, 0.15) is 287 Å². The Labute approximate surface area is 841 Å². The van der Waals surface area contributed by atoms with Crippen molar-refractivity contribution in [1.82, 2.24) is 26.6 Å². The van der Waals surface area contributed by atoms with Crippen LogP contribution in [0.25, 0.3) is 0 Å². The van der Waals surface area contributed by atoms with Gasteiger partial charge in [0.2, 0.25) is 29.5 Å². The first-order chi connectivity index (χ1) is 70.5. The smallest absolute Gasteiger partial charge is 0.335 e. The van der Waals surface area contributed by atoms with Gasteiger partial charge in [0.25, 0.3) is 0 Å². The lowest BCUT2D eigenvalue weighted by Crippen LogP contribution is -2.71. The fourth-order valence-electron chi connectivity index (χ4n) is 19.3. The molecule has 0 aromatic rings. The summed E-state index contributed by atoms with van der Waals surface area (Å²) in [5.74, 6) is -7.02. The van der Waals surface area contributed by atoms with Crippen LogP contribution in [0.1, 0.15) is 34.6 Å². The summed E-state index contributed by atoms with van der Waals surface area (Å²) in [6.45, 7) is -9.15. The Morgan fingerprint density at radius 2 is 0.416 bits per heavy atom. The van der Waals surface area contributed by atoms with Gasteiger partial charge in [-0.05, 0) is 0 Å². The summed E-state index contributed by atoms with van der Waals surface area (Å²) >= 11 is 0. The molecule has 67 heteroatoms. The molecule has 860 valence electrons. The summed E-state index contributed by atoms with van der Waals surface area (Å²) in [5, 5.41) is 385. The van der Waals surface area contributed by atoms with Gasteiger partial charge in [0.05, 0.1) is 72.7 Å². The zero-order chi connectivity index (χ0) is 110. The second-order valence-corrected chi connectivity index (χ2v) is 37.4. The Hall–Kier alpha value is -5.38. The monoisotopic (exact) mass is 2180 g/mol. The van der Waals surface area contributed by atoms with Crippen LogP contribution < -0.4 is 26.6 Å². The van der Waals surface area contributed by atoms with Crippen molar-refractivity contribution in [2.75, 3.05) is 72.7 Å². The maximum absolute atomic E-state index is 13.7. The van der Waals surface area contributed by atoms with E-state index in [0.717, 1.165) is 34.6 Å². The molecule has 0 aromatic heterocycles. The summed E-state index contributed by atoms with van der Waals surface area (Å²) in [4.78, 5) is 77.8. The minimum Gasteiger partial charge on any atom is -0.479 e. The van der Waals surface area contributed by atoms with E-state index in [1.165, 1.54) is 0 Å². The molecule has 0 radical (unpaired) electrons. The van der Waals surface area contributed by atoms with Crippen LogP contribution in [0.2, 0.25) is 0 Å². The normalized spacial score (nSPS) is 49.0. The lowest BCUT2D eigenvalue weighted by atomic mass is 9.93. The SMILES string of the molecule is CC(=O)N[C@@H]1[C@@H](O)[C@H](O[C@@H]2O[C@H](CO)[C@@H](O[C@@H]3O[C@H](CO[C@H]4O[C@H](CO)[C@@H](O)[C@H](O)[C@@H]4O[C@@H]4O[C@H](CO)[C@@H](O[C@@H]5O[C@H](CO)[C@H](O)[C@H](O)[C@H]5O)[C@H](O)[C@H]4NC(C)=O)[C@@H](O)[C@H](O[C@H]4O[C@H](CO)[C@@H](O[C@@H]5O[C@H](CO)[C@@H](O[C@@H]6O[C@H](CO)[C@H](O)[C@H](O)[C@H]6O)[C@H](O)[C@H]5NC(C)=O)[C@H](O)[C@@H]4O[C@@H]4O[C@H](CO)[C@@H](O[C@@H]5O[C@H](CO)[C@H](O)[C@H](O[C@@H]6O[C@H](C(=O)O)[C@@H](O)[C@H](O)[C@H]6O)[C@H]5O)[C@H](O)[C@H]4NC(C)=O)[C@@H]3O)[C@H](O)[C@H]2NC(C)=O)[C@@H](CO)O[C@H]1O. The highest BCUT2D eigenvalue weighted by atomic mass is 16.8. The number of carbonyl (C=O) groups is 6. The van der Waals surface area contributed by atoms with Crippen molar-refractivity contribution in [3.8, 4) is 0 Å². The average molecular weight is 2180 g/mol. The van der Waals surface area contributed by atoms with E-state index < -0.39 is 476 Å². The van der Waals surface area contributed by atoms with Crippen LogP contribution >= 0.6 is 0 Å². The Morgan fingerprint density at radius 3 is 0.745 bits per heavy atom. The number of hydrogen-bond acceptors (Lipinski definition) is 61. The number of rotatable bonds is 39. The largest absolute Gasteiger partial charge is 0.479 e. The predicted molar refractivity (Wildman–Crippen MR) is 453 cm³/mol. The van der Waals surface area contributed by atoms with Crippen molar-refractivity contribution < 1.29 is 306 Å². The summed E-state index contributed by atoms with van der Waals surface area (Å²) < 4.78 is 138. The van der Waals surface area contributed by atoms with Gasteiger partial charge in [-0.3, -0.25) is 24.0 Å². The quantitative estimate of drug-likeness (QED) is 0.0272. The van der Waals surface area contributed by atoms with E-state index >= 15 is 0 Å². The van der Waals surface area contributed by atoms with Crippen LogP contribution in [0.15, 0.2) is 0 Å². The van der Waals surface area contributed by atoms with E-state index in [0.29, 0.717) is 0 Å². The molecule has 12 saturated heterocycles. The third-order valence-electron chi connectivity index (χ3n) is 27.1. The minimum atomic E-state index is -2.82. The van der Waals surface area contributed by atoms with E-state index in [1.807, 2.05) is 0 Å². The standard InChI is InChI=1S/C82H135N5O62/c1-17(98)83-33-43(108)59(26(10-92)128-71(33)126)139-72-34(84-18(2)99)45(110)63(29(13-95)133-72)144-80-58(123)66(42(107)32(138-80)16-127-81-68(51(116)40(105)24(8-90)132-81)148-74-36(86-20(4)101)46(111)61(28(12-94)135-74)142-77-54(119)49(114)39(104)23(7-89)130-77)146-82-69(56(121)64(31(15-97)137-82)140-73-35(85-19(3)100)44(109)60(27(11-93)134-73)141-76-53(118)48(113)38(103)22(6-88)129-76)149-75-37(87-21(5)102)47(112)62(30(14-96)136-75)143-79-57(122)65(41(106)25(9-91)131-79)145-78-55(120)50(115)52(117)67(147-78)70(124)125/h22-69,71-82,88-97,103-123,126H,6-16H2,1-5H3,(H,83,98)(H,84,99)(H,85,100)(H,86,101)(H,87,102)(H,124,125)/t22-,23-,24-,25-,26-,27-,28-,29-,30-,31-,32-,33-,34-,35-,36-,37-,38+,39+,40-,41+,42-,43-,44-,45-,46-,47-,48+,49+,50+,51+,52+,53-,54-,55-,56+,57-,58+,59-,60-,61-,62-,63-,64-,65+,66+,67+,68+,69+,71-,72+,73+,74+,75+,76+,77+,78-,79+,80+,81+,82-/m1/s1. The molecular weight excluding hydrogens is 2050 g/mol. The zero-order valence-corrected chi connectivity index (χ0v) is 79.5. The van der Waals surface area contributed by atoms with Gasteiger partial charge in [0, 0.05) is 34.6 Å². The number of aliphatic hydroxyl groups is 32. The Bertz CT molecular complexity index is 4220. The van der Waals surface area contributed by atoms with Crippen molar-refractivity contribution in [2.45, 2.75) is 403 Å². The van der Waals surface area contributed by atoms with Gasteiger partial charge in [-0.15, -0.1) is 0 Å². The highest BCUT2D eigenvalue weighted by Crippen LogP contribution is 2.44. The predicted octanol–water partition coefficient (Wildman–Crippen LogP) is -26.3. The Kier molecular flexibility index (Phi) is 43.7. The van der Waals surface area contributed by atoms with Crippen molar-refractivity contribution in [2.24, 2.45) is 0 Å². The zero-order valence-electron chi connectivity index (χ0n) is 79.5. The van der Waals surface area contributed by atoms with Crippen LogP contribution in [0, 0.1) is 0 Å². The molecule has 12 heterocycles. The molecule has 0 saturated carbocycles. The molecule has 0 aliphatic carbocycles. The lowest BCUT2D eigenvalue weighted by molar-refractivity contribution is -0.407. The first-order valence-corrected chi connectivity index (χ1v) is 47.2. The topological polar surface area (TPSA) is 1040 Å². The van der Waals surface area contributed by atoms with Gasteiger partial charge >= 0.3 is 5.97 Å². The van der Waals surface area contributed by atoms with Crippen molar-refractivity contribution in [1.29, 1.82) is 0 Å². The van der Waals surface area contributed by atoms with E-state index in [4.69, 9.17) is 109 Å². The number of amides is 5. The molecule has 38 N–H and O–H groups in total. The molecule has 0 aromatic carbocycles. The number of ether oxygens (including phenoxy) is 23. The Balaban J connectivity index is 0.930.